The number of amides is 1. The lowest BCUT2D eigenvalue weighted by molar-refractivity contribution is -0.160. The van der Waals surface area contributed by atoms with E-state index in [9.17, 15) is 9.59 Å². The van der Waals surface area contributed by atoms with E-state index in [1.165, 1.54) is 7.11 Å². The number of rotatable bonds is 5. The molecule has 0 saturated heterocycles. The summed E-state index contributed by atoms with van der Waals surface area (Å²) in [5, 5.41) is 2.63. The van der Waals surface area contributed by atoms with E-state index in [0.29, 0.717) is 13.0 Å². The Balaban J connectivity index is 2.16. The number of alkyl carbamates (subject to hydrolysis) is 1. The predicted molar refractivity (Wildman–Crippen MR) is 96.9 cm³/mol. The molecule has 1 N–H and O–H groups in total. The van der Waals surface area contributed by atoms with Gasteiger partial charge in [-0.2, -0.15) is 0 Å². The van der Waals surface area contributed by atoms with Crippen molar-refractivity contribution in [2.75, 3.05) is 13.7 Å². The van der Waals surface area contributed by atoms with Crippen LogP contribution in [0.2, 0.25) is 25.7 Å². The lowest BCUT2D eigenvalue weighted by atomic mass is 9.81. The van der Waals surface area contributed by atoms with E-state index in [-0.39, 0.29) is 5.92 Å². The second-order valence-electron chi connectivity index (χ2n) is 8.52. The average Bonchev–Trinajstić information content (AvgIpc) is 3.02. The van der Waals surface area contributed by atoms with Crippen LogP contribution in [-0.4, -0.2) is 45.6 Å². The molecule has 2 aliphatic carbocycles. The molecule has 0 heterocycles. The summed E-state index contributed by atoms with van der Waals surface area (Å²) >= 11 is 0. The zero-order valence-corrected chi connectivity index (χ0v) is 17.1. The van der Waals surface area contributed by atoms with Crippen LogP contribution in [0.15, 0.2) is 11.1 Å². The minimum atomic E-state index is -2.22. The van der Waals surface area contributed by atoms with Crippen molar-refractivity contribution < 1.29 is 23.5 Å². The van der Waals surface area contributed by atoms with E-state index < -0.39 is 37.8 Å². The highest BCUT2D eigenvalue weighted by Crippen LogP contribution is 2.57. The van der Waals surface area contributed by atoms with Crippen LogP contribution >= 0.6 is 0 Å². The van der Waals surface area contributed by atoms with Gasteiger partial charge in [-0.05, 0) is 32.7 Å². The first-order valence-corrected chi connectivity index (χ1v) is 12.6. The highest BCUT2D eigenvalue weighted by molar-refractivity contribution is 6.76. The molecule has 0 aliphatic heterocycles. The largest absolute Gasteiger partial charge is 0.467 e. The molecule has 0 aromatic rings. The van der Waals surface area contributed by atoms with Gasteiger partial charge in [-0.15, -0.1) is 0 Å². The lowest BCUT2D eigenvalue weighted by Crippen LogP contribution is -2.58. The average molecular weight is 372 g/mol. The highest BCUT2D eigenvalue weighted by Gasteiger charge is 2.67. The number of fused-ring (bicyclic) bond motifs is 2. The summed E-state index contributed by atoms with van der Waals surface area (Å²) in [5.41, 5.74) is -0.266. The first kappa shape index (κ1) is 19.9. The summed E-state index contributed by atoms with van der Waals surface area (Å²) in [5.74, 6) is -1.61. The second kappa shape index (κ2) is 7.09. The molecule has 2 saturated carbocycles. The molecule has 2 unspecified atom stereocenters. The van der Waals surface area contributed by atoms with E-state index in [4.69, 9.17) is 9.47 Å². The van der Waals surface area contributed by atoms with Crippen molar-refractivity contribution in [3.63, 3.8) is 0 Å². The third-order valence-electron chi connectivity index (χ3n) is 5.34. The molecular formula is C18H30FNO4Si. The number of methoxy groups -OCH3 is 1. The molecule has 142 valence electrons. The number of carbonyl (C=O) groups is 2. The fourth-order valence-corrected chi connectivity index (χ4v) is 4.89. The Labute approximate surface area is 150 Å². The minimum absolute atomic E-state index is 0.177. The van der Waals surface area contributed by atoms with Crippen LogP contribution in [0.1, 0.15) is 26.7 Å². The fraction of sp³-hybridized carbons (Fsp3) is 0.778. The van der Waals surface area contributed by atoms with Crippen molar-refractivity contribution in [3.05, 3.63) is 11.1 Å². The standard InChI is InChI=1S/C18H30FNO4Si/c1-11(2)14-12-7-8-13(14)18(19,16(21)23-3)15(12)20-17(22)24-9-10-25(4,5)6/h12-13,15H,7-10H2,1-6H3,(H,20,22)/t12?,13?,15-,18-/m1/s1. The molecule has 0 spiro atoms. The van der Waals surface area contributed by atoms with Crippen LogP contribution in [0, 0.1) is 11.8 Å². The molecule has 5 nitrogen and oxygen atoms in total. The number of alkyl halides is 1. The van der Waals surface area contributed by atoms with Gasteiger partial charge in [0.1, 0.15) is 0 Å². The van der Waals surface area contributed by atoms with Crippen molar-refractivity contribution in [1.82, 2.24) is 5.32 Å². The minimum Gasteiger partial charge on any atom is -0.467 e. The molecule has 2 aliphatic rings. The molecule has 0 aromatic carbocycles. The second-order valence-corrected chi connectivity index (χ2v) is 14.1. The number of allylic oxidation sites excluding steroid dienone is 1. The van der Waals surface area contributed by atoms with E-state index in [0.717, 1.165) is 23.6 Å². The summed E-state index contributed by atoms with van der Waals surface area (Å²) < 4.78 is 25.7. The molecule has 2 fully saturated rings. The summed E-state index contributed by atoms with van der Waals surface area (Å²) in [6.45, 7) is 10.7. The van der Waals surface area contributed by atoms with Gasteiger partial charge in [-0.25, -0.2) is 14.0 Å². The normalized spacial score (nSPS) is 31.0. The zero-order valence-electron chi connectivity index (χ0n) is 16.1. The van der Waals surface area contributed by atoms with E-state index in [1.807, 2.05) is 13.8 Å². The zero-order chi connectivity index (χ0) is 19.0. The number of nitrogens with one attached hydrogen (secondary N) is 1. The summed E-state index contributed by atoms with van der Waals surface area (Å²) in [7, 11) is -0.138. The number of halogens is 1. The van der Waals surface area contributed by atoms with Crippen LogP contribution in [0.25, 0.3) is 0 Å². The molecule has 2 rings (SSSR count). The number of hydrogen-bond donors (Lipinski definition) is 1. The SMILES string of the molecule is COC(=O)[C@@]1(F)C2CCC(C2=C(C)C)[C@H]1NC(=O)OCC[Si](C)(C)C. The maximum Gasteiger partial charge on any atom is 0.407 e. The quantitative estimate of drug-likeness (QED) is 0.455. The predicted octanol–water partition coefficient (Wildman–Crippen LogP) is 3.68. The first-order valence-electron chi connectivity index (χ1n) is 8.90. The Morgan fingerprint density at radius 1 is 1.28 bits per heavy atom. The molecule has 25 heavy (non-hydrogen) atoms. The Morgan fingerprint density at radius 2 is 1.92 bits per heavy atom. The van der Waals surface area contributed by atoms with Crippen molar-refractivity contribution in [3.8, 4) is 0 Å². The van der Waals surface area contributed by atoms with Gasteiger partial charge in [-0.3, -0.25) is 0 Å². The maximum atomic E-state index is 15.8. The van der Waals surface area contributed by atoms with Crippen LogP contribution in [0.5, 0.6) is 0 Å². The van der Waals surface area contributed by atoms with E-state index in [1.54, 1.807) is 0 Å². The molecule has 1 amide bonds. The Kier molecular flexibility index (Phi) is 5.66. The van der Waals surface area contributed by atoms with E-state index >= 15 is 4.39 Å². The summed E-state index contributed by atoms with van der Waals surface area (Å²) in [6.07, 6.45) is 0.697. The Morgan fingerprint density at radius 3 is 2.44 bits per heavy atom. The molecule has 2 bridgehead atoms. The van der Waals surface area contributed by atoms with Crippen LogP contribution < -0.4 is 5.32 Å². The van der Waals surface area contributed by atoms with Crippen molar-refractivity contribution >= 4 is 20.1 Å². The van der Waals surface area contributed by atoms with Gasteiger partial charge in [0.15, 0.2) is 0 Å². The third-order valence-corrected chi connectivity index (χ3v) is 7.04. The van der Waals surface area contributed by atoms with Crippen molar-refractivity contribution in [2.24, 2.45) is 11.8 Å². The molecular weight excluding hydrogens is 341 g/mol. The monoisotopic (exact) mass is 371 g/mol. The number of carbonyl (C=O) groups excluding carboxylic acids is 2. The van der Waals surface area contributed by atoms with Gasteiger partial charge in [-0.1, -0.05) is 30.8 Å². The van der Waals surface area contributed by atoms with Crippen LogP contribution in [0.4, 0.5) is 9.18 Å². The molecule has 0 aromatic heterocycles. The smallest absolute Gasteiger partial charge is 0.407 e. The number of ether oxygens (including phenoxy) is 2. The Hall–Kier alpha value is -1.37. The van der Waals surface area contributed by atoms with Gasteiger partial charge >= 0.3 is 12.1 Å². The first-order chi connectivity index (χ1) is 11.5. The lowest BCUT2D eigenvalue weighted by Gasteiger charge is -2.34. The molecule has 0 radical (unpaired) electrons. The molecule has 7 heteroatoms. The maximum absolute atomic E-state index is 15.8. The van der Waals surface area contributed by atoms with Gasteiger partial charge in [0.05, 0.1) is 19.8 Å². The molecule has 4 atom stereocenters. The van der Waals surface area contributed by atoms with Gasteiger partial charge in [0.2, 0.25) is 5.67 Å². The van der Waals surface area contributed by atoms with Gasteiger partial charge in [0.25, 0.3) is 0 Å². The highest BCUT2D eigenvalue weighted by atomic mass is 28.3. The van der Waals surface area contributed by atoms with E-state index in [2.05, 4.69) is 25.0 Å². The van der Waals surface area contributed by atoms with Gasteiger partial charge < -0.3 is 14.8 Å². The van der Waals surface area contributed by atoms with Crippen LogP contribution in [0.3, 0.4) is 0 Å². The third kappa shape index (κ3) is 3.76. The Bertz CT molecular complexity index is 582. The number of hydrogen-bond acceptors (Lipinski definition) is 4. The van der Waals surface area contributed by atoms with Gasteiger partial charge in [0, 0.05) is 19.9 Å². The topological polar surface area (TPSA) is 64.6 Å². The van der Waals surface area contributed by atoms with Crippen LogP contribution in [-0.2, 0) is 14.3 Å². The van der Waals surface area contributed by atoms with Crippen molar-refractivity contribution in [2.45, 2.75) is 64.1 Å². The fourth-order valence-electron chi connectivity index (χ4n) is 4.18. The summed E-state index contributed by atoms with van der Waals surface area (Å²) in [6, 6.07) is -0.0864. The van der Waals surface area contributed by atoms with Crippen molar-refractivity contribution in [1.29, 1.82) is 0 Å². The summed E-state index contributed by atoms with van der Waals surface area (Å²) in [4.78, 5) is 24.4. The number of esters is 1.